The number of para-hydroxylation sites is 1. The number of rotatable bonds is 5. The average Bonchev–Trinajstić information content (AvgIpc) is 3.57. The van der Waals surface area contributed by atoms with E-state index in [0.717, 1.165) is 65.8 Å². The molecular weight excluding hydrogens is 625 g/mol. The van der Waals surface area contributed by atoms with Crippen LogP contribution in [0.4, 0.5) is 0 Å². The van der Waals surface area contributed by atoms with Crippen LogP contribution in [0.25, 0.3) is 100 Å². The first-order chi connectivity index (χ1) is 25.2. The van der Waals surface area contributed by atoms with Crippen molar-refractivity contribution in [3.8, 4) is 56.4 Å². The summed E-state index contributed by atoms with van der Waals surface area (Å²) in [7, 11) is 0. The minimum Gasteiger partial charge on any atom is -0.438 e. The first kappa shape index (κ1) is 29.0. The van der Waals surface area contributed by atoms with Crippen molar-refractivity contribution in [1.29, 1.82) is 0 Å². The van der Waals surface area contributed by atoms with E-state index < -0.39 is 0 Å². The number of nitrogens with zero attached hydrogens (tertiary/aromatic N) is 4. The van der Waals surface area contributed by atoms with Gasteiger partial charge in [0.05, 0.1) is 5.52 Å². The SMILES string of the molecule is c1ccc(-c2ccc3cc(-c4nc(-c5ccccc5)nc(-c5ccc(-c6cccc7oc8nc9ccccc9cc8c67)cc5)n4)ccc3c2)cc1. The maximum Gasteiger partial charge on any atom is 0.227 e. The van der Waals surface area contributed by atoms with E-state index >= 15 is 0 Å². The summed E-state index contributed by atoms with van der Waals surface area (Å²) >= 11 is 0. The largest absolute Gasteiger partial charge is 0.438 e. The first-order valence-corrected chi connectivity index (χ1v) is 17.0. The van der Waals surface area contributed by atoms with Gasteiger partial charge in [-0.25, -0.2) is 19.9 Å². The van der Waals surface area contributed by atoms with Gasteiger partial charge in [0.2, 0.25) is 5.71 Å². The van der Waals surface area contributed by atoms with Crippen LogP contribution in [-0.2, 0) is 0 Å². The molecule has 0 unspecified atom stereocenters. The zero-order valence-electron chi connectivity index (χ0n) is 27.4. The van der Waals surface area contributed by atoms with Crippen LogP contribution in [-0.4, -0.2) is 19.9 Å². The highest BCUT2D eigenvalue weighted by Crippen LogP contribution is 2.38. The van der Waals surface area contributed by atoms with Crippen molar-refractivity contribution in [2.45, 2.75) is 0 Å². The Labute approximate surface area is 293 Å². The van der Waals surface area contributed by atoms with Crippen LogP contribution in [0.5, 0.6) is 0 Å². The fraction of sp³-hybridized carbons (Fsp3) is 0. The molecule has 3 aromatic heterocycles. The maximum absolute atomic E-state index is 6.24. The topological polar surface area (TPSA) is 64.7 Å². The molecule has 0 aliphatic carbocycles. The number of furan rings is 1. The Morgan fingerprint density at radius 1 is 0.353 bits per heavy atom. The highest BCUT2D eigenvalue weighted by atomic mass is 16.3. The molecule has 7 aromatic carbocycles. The lowest BCUT2D eigenvalue weighted by Gasteiger charge is -2.10. The molecular formula is C46H28N4O. The number of aromatic nitrogens is 4. The van der Waals surface area contributed by atoms with Gasteiger partial charge in [-0.05, 0) is 63.4 Å². The van der Waals surface area contributed by atoms with Crippen LogP contribution in [0.15, 0.2) is 174 Å². The fourth-order valence-electron chi connectivity index (χ4n) is 6.94. The molecule has 5 nitrogen and oxygen atoms in total. The van der Waals surface area contributed by atoms with Gasteiger partial charge in [0.1, 0.15) is 5.58 Å². The molecule has 0 saturated carbocycles. The molecule has 0 atom stereocenters. The third-order valence-corrected chi connectivity index (χ3v) is 9.52. The Kier molecular flexibility index (Phi) is 6.74. The van der Waals surface area contributed by atoms with Gasteiger partial charge in [0.25, 0.3) is 0 Å². The lowest BCUT2D eigenvalue weighted by atomic mass is 9.98. The molecule has 0 saturated heterocycles. The predicted molar refractivity (Wildman–Crippen MR) is 207 cm³/mol. The first-order valence-electron chi connectivity index (χ1n) is 17.0. The van der Waals surface area contributed by atoms with Gasteiger partial charge in [-0.3, -0.25) is 0 Å². The van der Waals surface area contributed by atoms with Gasteiger partial charge in [0.15, 0.2) is 17.5 Å². The zero-order valence-corrected chi connectivity index (χ0v) is 27.4. The second kappa shape index (κ2) is 11.9. The third-order valence-electron chi connectivity index (χ3n) is 9.52. The van der Waals surface area contributed by atoms with Crippen LogP contribution in [0.2, 0.25) is 0 Å². The van der Waals surface area contributed by atoms with Gasteiger partial charge < -0.3 is 4.42 Å². The quantitative estimate of drug-likeness (QED) is 0.185. The predicted octanol–water partition coefficient (Wildman–Crippen LogP) is 11.8. The van der Waals surface area contributed by atoms with Crippen LogP contribution in [0.1, 0.15) is 0 Å². The van der Waals surface area contributed by atoms with Gasteiger partial charge in [-0.1, -0.05) is 140 Å². The molecule has 0 aliphatic rings. The number of hydrogen-bond donors (Lipinski definition) is 0. The molecule has 0 N–H and O–H groups in total. The minimum atomic E-state index is 0.618. The molecule has 0 spiro atoms. The lowest BCUT2D eigenvalue weighted by Crippen LogP contribution is -2.00. The minimum absolute atomic E-state index is 0.618. The van der Waals surface area contributed by atoms with E-state index in [2.05, 4.69) is 103 Å². The normalized spacial score (nSPS) is 11.5. The van der Waals surface area contributed by atoms with Crippen LogP contribution in [0, 0.1) is 0 Å². The molecule has 0 fully saturated rings. The van der Waals surface area contributed by atoms with E-state index in [-0.39, 0.29) is 0 Å². The molecule has 51 heavy (non-hydrogen) atoms. The molecule has 0 aliphatic heterocycles. The monoisotopic (exact) mass is 652 g/mol. The molecule has 0 bridgehead atoms. The van der Waals surface area contributed by atoms with E-state index in [4.69, 9.17) is 24.4 Å². The average molecular weight is 653 g/mol. The van der Waals surface area contributed by atoms with Gasteiger partial charge in [-0.15, -0.1) is 0 Å². The third kappa shape index (κ3) is 5.20. The van der Waals surface area contributed by atoms with E-state index in [0.29, 0.717) is 23.2 Å². The number of hydrogen-bond acceptors (Lipinski definition) is 5. The molecule has 10 aromatic rings. The van der Waals surface area contributed by atoms with Crippen LogP contribution >= 0.6 is 0 Å². The number of benzene rings is 7. The van der Waals surface area contributed by atoms with E-state index in [1.54, 1.807) is 0 Å². The van der Waals surface area contributed by atoms with Crippen molar-refractivity contribution in [2.75, 3.05) is 0 Å². The van der Waals surface area contributed by atoms with Crippen molar-refractivity contribution in [1.82, 2.24) is 19.9 Å². The molecule has 5 heteroatoms. The van der Waals surface area contributed by atoms with E-state index in [9.17, 15) is 0 Å². The summed E-state index contributed by atoms with van der Waals surface area (Å²) in [6.45, 7) is 0. The van der Waals surface area contributed by atoms with Gasteiger partial charge in [-0.2, -0.15) is 0 Å². The van der Waals surface area contributed by atoms with Crippen molar-refractivity contribution in [3.05, 3.63) is 170 Å². The van der Waals surface area contributed by atoms with E-state index in [1.807, 2.05) is 66.7 Å². The fourth-order valence-corrected chi connectivity index (χ4v) is 6.94. The van der Waals surface area contributed by atoms with Crippen molar-refractivity contribution in [2.24, 2.45) is 0 Å². The van der Waals surface area contributed by atoms with Crippen LogP contribution in [0.3, 0.4) is 0 Å². The molecule has 0 amide bonds. The zero-order chi connectivity index (χ0) is 33.7. The van der Waals surface area contributed by atoms with Gasteiger partial charge in [0, 0.05) is 32.8 Å². The highest BCUT2D eigenvalue weighted by molar-refractivity contribution is 6.13. The summed E-state index contributed by atoms with van der Waals surface area (Å²) < 4.78 is 6.24. The lowest BCUT2D eigenvalue weighted by molar-refractivity contribution is 0.656. The van der Waals surface area contributed by atoms with Crippen LogP contribution < -0.4 is 0 Å². The smallest absolute Gasteiger partial charge is 0.227 e. The van der Waals surface area contributed by atoms with Crippen molar-refractivity contribution in [3.63, 3.8) is 0 Å². The maximum atomic E-state index is 6.24. The summed E-state index contributed by atoms with van der Waals surface area (Å²) in [5.41, 5.74) is 9.70. The molecule has 10 rings (SSSR count). The van der Waals surface area contributed by atoms with Crippen molar-refractivity contribution >= 4 is 43.7 Å². The second-order valence-corrected chi connectivity index (χ2v) is 12.7. The van der Waals surface area contributed by atoms with Crippen molar-refractivity contribution < 1.29 is 4.42 Å². The summed E-state index contributed by atoms with van der Waals surface area (Å²) in [5.74, 6) is 1.88. The molecule has 3 heterocycles. The van der Waals surface area contributed by atoms with Gasteiger partial charge >= 0.3 is 0 Å². The summed E-state index contributed by atoms with van der Waals surface area (Å²) in [4.78, 5) is 19.8. The second-order valence-electron chi connectivity index (χ2n) is 12.7. The van der Waals surface area contributed by atoms with E-state index in [1.165, 1.54) is 11.1 Å². The number of pyridine rings is 1. The Hall–Kier alpha value is -6.98. The Morgan fingerprint density at radius 2 is 0.922 bits per heavy atom. The molecule has 238 valence electrons. The Balaban J connectivity index is 1.06. The standard InChI is InChI=1S/C46H28N4O/c1-3-10-29(11-4-1)33-22-23-35-27-37(25-24-34(35)26-33)45-49-43(31-12-5-2-6-13-31)48-44(50-45)32-20-18-30(19-21-32)38-15-9-17-41-42(38)39-28-36-14-7-8-16-40(36)47-46(39)51-41/h1-28H. The highest BCUT2D eigenvalue weighted by Gasteiger charge is 2.16. The summed E-state index contributed by atoms with van der Waals surface area (Å²) in [6, 6.07) is 58.4. The summed E-state index contributed by atoms with van der Waals surface area (Å²) in [5, 5.41) is 5.44. The summed E-state index contributed by atoms with van der Waals surface area (Å²) in [6.07, 6.45) is 0. The number of fused-ring (bicyclic) bond motifs is 5. The molecule has 0 radical (unpaired) electrons. The Bertz CT molecular complexity index is 2900. The Morgan fingerprint density at radius 3 is 1.67 bits per heavy atom.